The Morgan fingerprint density at radius 1 is 1.30 bits per heavy atom. The Kier molecular flexibility index (Phi) is 1.80. The fraction of sp³-hybridized carbons (Fsp3) is 0. The minimum Gasteiger partial charge on any atom is -0.508 e. The van der Waals surface area contributed by atoms with Crippen LogP contribution in [0, 0.1) is 5.82 Å². The van der Waals surface area contributed by atoms with E-state index in [0.29, 0.717) is 0 Å². The van der Waals surface area contributed by atoms with E-state index in [0.717, 1.165) is 6.07 Å². The number of phenolic OH excluding ortho intramolecular Hbond substituents is 2. The third kappa shape index (κ3) is 1.21. The fourth-order valence-corrected chi connectivity index (χ4v) is 0.976. The predicted molar refractivity (Wildman–Crippen MR) is 37.4 cm³/mol. The Morgan fingerprint density at radius 2 is 1.90 bits per heavy atom. The molecule has 0 bridgehead atoms. The van der Waals surface area contributed by atoms with Gasteiger partial charge in [-0.1, -0.05) is 0 Å². The molecule has 0 amide bonds. The molecule has 0 unspecified atom stereocenters. The maximum Gasteiger partial charge on any atom is 0.169 e. The number of rotatable bonds is 0. The summed E-state index contributed by atoms with van der Waals surface area (Å²) >= 11 is 2.85. The van der Waals surface area contributed by atoms with Crippen molar-refractivity contribution in [3.63, 3.8) is 0 Å². The van der Waals surface area contributed by atoms with Crippen molar-refractivity contribution in [2.45, 2.75) is 0 Å². The highest BCUT2D eigenvalue weighted by atomic mass is 79.9. The van der Waals surface area contributed by atoms with Gasteiger partial charge < -0.3 is 10.2 Å². The van der Waals surface area contributed by atoms with Gasteiger partial charge in [-0.25, -0.2) is 4.39 Å². The van der Waals surface area contributed by atoms with Crippen molar-refractivity contribution < 1.29 is 14.6 Å². The highest BCUT2D eigenvalue weighted by Gasteiger charge is 2.05. The van der Waals surface area contributed by atoms with Gasteiger partial charge in [-0.2, -0.15) is 0 Å². The molecule has 0 saturated heterocycles. The van der Waals surface area contributed by atoms with Gasteiger partial charge in [0.15, 0.2) is 11.6 Å². The summed E-state index contributed by atoms with van der Waals surface area (Å²) in [4.78, 5) is 0. The Labute approximate surface area is 65.1 Å². The minimum atomic E-state index is -0.841. The van der Waals surface area contributed by atoms with E-state index in [9.17, 15) is 4.39 Å². The highest BCUT2D eigenvalue weighted by Crippen LogP contribution is 2.30. The Bertz CT molecular complexity index is 239. The van der Waals surface area contributed by atoms with Crippen LogP contribution in [0.25, 0.3) is 0 Å². The van der Waals surface area contributed by atoms with Crippen LogP contribution in [-0.2, 0) is 0 Å². The van der Waals surface area contributed by atoms with Crippen molar-refractivity contribution in [2.75, 3.05) is 0 Å². The van der Waals surface area contributed by atoms with Crippen molar-refractivity contribution in [1.29, 1.82) is 0 Å². The van der Waals surface area contributed by atoms with E-state index < -0.39 is 11.6 Å². The van der Waals surface area contributed by atoms with Gasteiger partial charge in [0.1, 0.15) is 5.75 Å². The molecule has 0 aliphatic carbocycles. The van der Waals surface area contributed by atoms with Gasteiger partial charge in [0.25, 0.3) is 0 Å². The summed E-state index contributed by atoms with van der Waals surface area (Å²) in [5.41, 5.74) is 0. The Hall–Kier alpha value is -0.770. The van der Waals surface area contributed by atoms with E-state index in [1.165, 1.54) is 6.07 Å². The van der Waals surface area contributed by atoms with Crippen molar-refractivity contribution >= 4 is 15.9 Å². The van der Waals surface area contributed by atoms with E-state index in [-0.39, 0.29) is 10.2 Å². The van der Waals surface area contributed by atoms with Crippen LogP contribution < -0.4 is 0 Å². The normalized spacial score (nSPS) is 9.80. The van der Waals surface area contributed by atoms with Crippen LogP contribution in [0.2, 0.25) is 0 Å². The average molecular weight is 207 g/mol. The molecule has 0 aliphatic rings. The molecule has 0 spiro atoms. The zero-order valence-corrected chi connectivity index (χ0v) is 6.39. The van der Waals surface area contributed by atoms with Crippen molar-refractivity contribution in [3.8, 4) is 11.5 Å². The number of benzene rings is 1. The zero-order chi connectivity index (χ0) is 7.72. The Balaban J connectivity index is 3.31. The highest BCUT2D eigenvalue weighted by molar-refractivity contribution is 9.10. The smallest absolute Gasteiger partial charge is 0.169 e. The standard InChI is InChI=1S/C6H4BrFO2/c7-4-1-3(9)2-5(8)6(4)10/h1-2,9-10H. The molecule has 0 aromatic heterocycles. The zero-order valence-electron chi connectivity index (χ0n) is 4.81. The average Bonchev–Trinajstić information content (AvgIpc) is 1.82. The molecule has 0 radical (unpaired) electrons. The third-order valence-electron chi connectivity index (χ3n) is 1.00. The van der Waals surface area contributed by atoms with E-state index in [1.54, 1.807) is 0 Å². The van der Waals surface area contributed by atoms with Crippen molar-refractivity contribution in [2.24, 2.45) is 0 Å². The minimum absolute atomic E-state index is 0.144. The molecule has 10 heavy (non-hydrogen) atoms. The maximum atomic E-state index is 12.4. The van der Waals surface area contributed by atoms with Crippen LogP contribution in [-0.4, -0.2) is 10.2 Å². The molecular weight excluding hydrogens is 203 g/mol. The van der Waals surface area contributed by atoms with Crippen LogP contribution in [0.15, 0.2) is 16.6 Å². The number of hydrogen-bond donors (Lipinski definition) is 2. The first-order chi connectivity index (χ1) is 4.61. The molecular formula is C6H4BrFO2. The summed E-state index contributed by atoms with van der Waals surface area (Å²) in [6, 6.07) is 2.04. The SMILES string of the molecule is Oc1cc(F)c(O)c(Br)c1. The van der Waals surface area contributed by atoms with Crippen LogP contribution in [0.4, 0.5) is 4.39 Å². The molecule has 1 rings (SSSR count). The maximum absolute atomic E-state index is 12.4. The molecule has 1 aromatic carbocycles. The molecule has 0 heterocycles. The first-order valence-corrected chi connectivity index (χ1v) is 3.27. The number of hydrogen-bond acceptors (Lipinski definition) is 2. The van der Waals surface area contributed by atoms with Gasteiger partial charge >= 0.3 is 0 Å². The molecule has 54 valence electrons. The fourth-order valence-electron chi connectivity index (χ4n) is 0.552. The first-order valence-electron chi connectivity index (χ1n) is 2.48. The monoisotopic (exact) mass is 206 g/mol. The van der Waals surface area contributed by atoms with E-state index >= 15 is 0 Å². The molecule has 4 heteroatoms. The summed E-state index contributed by atoms with van der Waals surface area (Å²) in [5.74, 6) is -1.55. The molecule has 0 atom stereocenters. The second kappa shape index (κ2) is 2.46. The summed E-state index contributed by atoms with van der Waals surface area (Å²) in [5, 5.41) is 17.5. The van der Waals surface area contributed by atoms with Gasteiger partial charge in [0.2, 0.25) is 0 Å². The summed E-state index contributed by atoms with van der Waals surface area (Å²) in [6.45, 7) is 0. The van der Waals surface area contributed by atoms with Crippen LogP contribution in [0.3, 0.4) is 0 Å². The first kappa shape index (κ1) is 7.34. The lowest BCUT2D eigenvalue weighted by atomic mass is 10.3. The summed E-state index contributed by atoms with van der Waals surface area (Å²) in [6.07, 6.45) is 0. The topological polar surface area (TPSA) is 40.5 Å². The lowest BCUT2D eigenvalue weighted by Gasteiger charge is -1.97. The summed E-state index contributed by atoms with van der Waals surface area (Å²) in [7, 11) is 0. The van der Waals surface area contributed by atoms with Crippen molar-refractivity contribution in [3.05, 3.63) is 22.4 Å². The second-order valence-electron chi connectivity index (χ2n) is 1.76. The van der Waals surface area contributed by atoms with Crippen LogP contribution in [0.1, 0.15) is 0 Å². The second-order valence-corrected chi connectivity index (χ2v) is 2.61. The lowest BCUT2D eigenvalue weighted by molar-refractivity contribution is 0.418. The van der Waals surface area contributed by atoms with Crippen LogP contribution >= 0.6 is 15.9 Å². The largest absolute Gasteiger partial charge is 0.508 e. The Morgan fingerprint density at radius 3 is 2.40 bits per heavy atom. The van der Waals surface area contributed by atoms with Crippen LogP contribution in [0.5, 0.6) is 11.5 Å². The molecule has 0 aliphatic heterocycles. The van der Waals surface area contributed by atoms with E-state index in [1.807, 2.05) is 0 Å². The van der Waals surface area contributed by atoms with Gasteiger partial charge in [0, 0.05) is 6.07 Å². The molecule has 2 nitrogen and oxygen atoms in total. The van der Waals surface area contributed by atoms with Crippen molar-refractivity contribution in [1.82, 2.24) is 0 Å². The molecule has 2 N–H and O–H groups in total. The van der Waals surface area contributed by atoms with E-state index in [2.05, 4.69) is 15.9 Å². The van der Waals surface area contributed by atoms with E-state index in [4.69, 9.17) is 10.2 Å². The number of aromatic hydroxyl groups is 2. The molecule has 0 fully saturated rings. The number of phenols is 2. The molecule has 1 aromatic rings. The molecule has 0 saturated carbocycles. The van der Waals surface area contributed by atoms with Gasteiger partial charge in [0.05, 0.1) is 4.47 Å². The van der Waals surface area contributed by atoms with Gasteiger partial charge in [-0.3, -0.25) is 0 Å². The number of halogens is 2. The van der Waals surface area contributed by atoms with Gasteiger partial charge in [-0.15, -0.1) is 0 Å². The lowest BCUT2D eigenvalue weighted by Crippen LogP contribution is -1.76. The third-order valence-corrected chi connectivity index (χ3v) is 1.61. The van der Waals surface area contributed by atoms with Gasteiger partial charge in [-0.05, 0) is 22.0 Å². The predicted octanol–water partition coefficient (Wildman–Crippen LogP) is 2.00. The summed E-state index contributed by atoms with van der Waals surface area (Å²) < 4.78 is 12.5. The quantitative estimate of drug-likeness (QED) is 0.638.